The van der Waals surface area contributed by atoms with Crippen molar-refractivity contribution in [3.63, 3.8) is 0 Å². The molecule has 0 fully saturated rings. The van der Waals surface area contributed by atoms with Crippen molar-refractivity contribution >= 4 is 40.2 Å². The summed E-state index contributed by atoms with van der Waals surface area (Å²) in [5, 5.41) is 11.5. The smallest absolute Gasteiger partial charge is 0.328 e. The number of fused-ring (bicyclic) bond motifs is 2. The molecule has 1 aromatic heterocycles. The van der Waals surface area contributed by atoms with Gasteiger partial charge in [-0.3, -0.25) is 9.59 Å². The van der Waals surface area contributed by atoms with Crippen molar-refractivity contribution in [1.82, 2.24) is 0 Å². The molecule has 0 spiro atoms. The predicted molar refractivity (Wildman–Crippen MR) is 111 cm³/mol. The number of aliphatic carboxylic acids is 1. The molecule has 0 aliphatic heterocycles. The summed E-state index contributed by atoms with van der Waals surface area (Å²) in [7, 11) is 0. The number of amides is 1. The maximum Gasteiger partial charge on any atom is 0.328 e. The standard InChI is InChI=1S/C23H17NO5/c25-20(10-11-21(26)27)24-16-7-9-19-18(13-16)22(28)17-8-6-15(23(17)29-19)12-14-4-2-1-3-5-14/h1-5,7,9-13H,6,8H2,(H,24,25)(H,26,27)/b11-10+,15-12+. The summed E-state index contributed by atoms with van der Waals surface area (Å²) in [5.41, 5.74) is 3.38. The van der Waals surface area contributed by atoms with Crippen LogP contribution in [-0.4, -0.2) is 17.0 Å². The first-order valence-electron chi connectivity index (χ1n) is 9.09. The molecule has 0 atom stereocenters. The molecule has 1 amide bonds. The van der Waals surface area contributed by atoms with Crippen LogP contribution in [0.4, 0.5) is 5.69 Å². The molecule has 4 rings (SSSR count). The molecular weight excluding hydrogens is 370 g/mol. The lowest BCUT2D eigenvalue weighted by atomic mass is 10.1. The number of nitrogens with one attached hydrogen (secondary N) is 1. The Balaban J connectivity index is 1.70. The fraction of sp³-hybridized carbons (Fsp3) is 0.0870. The third-order valence-electron chi connectivity index (χ3n) is 4.71. The molecule has 144 valence electrons. The second kappa shape index (κ2) is 7.59. The molecule has 1 aliphatic carbocycles. The zero-order valence-corrected chi connectivity index (χ0v) is 15.3. The van der Waals surface area contributed by atoms with Gasteiger partial charge in [-0.05, 0) is 48.3 Å². The van der Waals surface area contributed by atoms with Crippen LogP contribution in [0.5, 0.6) is 0 Å². The van der Waals surface area contributed by atoms with Gasteiger partial charge >= 0.3 is 5.97 Å². The topological polar surface area (TPSA) is 96.6 Å². The van der Waals surface area contributed by atoms with E-state index in [1.165, 1.54) is 0 Å². The molecule has 1 heterocycles. The van der Waals surface area contributed by atoms with Crippen LogP contribution in [0.1, 0.15) is 23.3 Å². The molecule has 0 unspecified atom stereocenters. The summed E-state index contributed by atoms with van der Waals surface area (Å²) in [6.45, 7) is 0. The first-order chi connectivity index (χ1) is 14.0. The van der Waals surface area contributed by atoms with E-state index in [0.29, 0.717) is 34.4 Å². The number of carbonyl (C=O) groups excluding carboxylic acids is 1. The van der Waals surface area contributed by atoms with Gasteiger partial charge < -0.3 is 14.8 Å². The lowest BCUT2D eigenvalue weighted by molar-refractivity contribution is -0.131. The van der Waals surface area contributed by atoms with E-state index in [4.69, 9.17) is 9.52 Å². The van der Waals surface area contributed by atoms with Crippen molar-refractivity contribution < 1.29 is 19.1 Å². The van der Waals surface area contributed by atoms with Crippen LogP contribution in [-0.2, 0) is 16.0 Å². The number of carbonyl (C=O) groups is 2. The summed E-state index contributed by atoms with van der Waals surface area (Å²) in [5.74, 6) is -1.19. The average molecular weight is 387 g/mol. The predicted octanol–water partition coefficient (Wildman–Crippen LogP) is 3.86. The van der Waals surface area contributed by atoms with Crippen LogP contribution in [0.15, 0.2) is 69.9 Å². The maximum absolute atomic E-state index is 13.0. The fourth-order valence-electron chi connectivity index (χ4n) is 3.39. The molecule has 3 aromatic rings. The summed E-state index contributed by atoms with van der Waals surface area (Å²) in [6.07, 6.45) is 5.02. The number of carboxylic acid groups (broad SMARTS) is 1. The van der Waals surface area contributed by atoms with Crippen LogP contribution in [0.2, 0.25) is 0 Å². The van der Waals surface area contributed by atoms with Crippen LogP contribution >= 0.6 is 0 Å². The van der Waals surface area contributed by atoms with E-state index >= 15 is 0 Å². The number of hydrogen-bond acceptors (Lipinski definition) is 4. The van der Waals surface area contributed by atoms with E-state index in [-0.39, 0.29) is 5.43 Å². The number of rotatable bonds is 4. The molecule has 6 nitrogen and oxygen atoms in total. The molecule has 0 radical (unpaired) electrons. The van der Waals surface area contributed by atoms with Gasteiger partial charge in [0.2, 0.25) is 5.91 Å². The molecule has 2 N–H and O–H groups in total. The molecule has 0 saturated heterocycles. The van der Waals surface area contributed by atoms with Gasteiger partial charge in [-0.15, -0.1) is 0 Å². The highest BCUT2D eigenvalue weighted by Gasteiger charge is 2.24. The van der Waals surface area contributed by atoms with E-state index in [0.717, 1.165) is 29.7 Å². The minimum Gasteiger partial charge on any atom is -0.478 e. The summed E-state index contributed by atoms with van der Waals surface area (Å²) < 4.78 is 6.04. The Morgan fingerprint density at radius 1 is 1.03 bits per heavy atom. The lowest BCUT2D eigenvalue weighted by Crippen LogP contribution is -2.11. The SMILES string of the molecule is O=C(O)/C=C/C(=O)Nc1ccc2oc3c(c(=O)c2c1)CC/C3=C\c1ccccc1. The second-order valence-corrected chi connectivity index (χ2v) is 6.69. The van der Waals surface area contributed by atoms with Gasteiger partial charge in [0.05, 0.1) is 5.39 Å². The van der Waals surface area contributed by atoms with Gasteiger partial charge in [-0.2, -0.15) is 0 Å². The van der Waals surface area contributed by atoms with Crippen molar-refractivity contribution in [1.29, 1.82) is 0 Å². The highest BCUT2D eigenvalue weighted by molar-refractivity contribution is 6.03. The second-order valence-electron chi connectivity index (χ2n) is 6.69. The average Bonchev–Trinajstić information content (AvgIpc) is 3.11. The third-order valence-corrected chi connectivity index (χ3v) is 4.71. The normalized spacial score (nSPS) is 14.4. The summed E-state index contributed by atoms with van der Waals surface area (Å²) in [6, 6.07) is 14.7. The van der Waals surface area contributed by atoms with Gasteiger partial charge in [0.1, 0.15) is 11.3 Å². The molecular formula is C23H17NO5. The van der Waals surface area contributed by atoms with Crippen molar-refractivity contribution in [3.8, 4) is 0 Å². The highest BCUT2D eigenvalue weighted by Crippen LogP contribution is 2.34. The molecule has 0 bridgehead atoms. The van der Waals surface area contributed by atoms with Crippen LogP contribution in [0.25, 0.3) is 22.6 Å². The molecule has 29 heavy (non-hydrogen) atoms. The number of hydrogen-bond donors (Lipinski definition) is 2. The Bertz CT molecular complexity index is 1240. The van der Waals surface area contributed by atoms with Crippen LogP contribution in [0, 0.1) is 0 Å². The van der Waals surface area contributed by atoms with Crippen LogP contribution < -0.4 is 10.7 Å². The quantitative estimate of drug-likeness (QED) is 0.663. The third kappa shape index (κ3) is 3.87. The van der Waals surface area contributed by atoms with Gasteiger partial charge in [0.15, 0.2) is 5.43 Å². The van der Waals surface area contributed by atoms with Crippen molar-refractivity contribution in [2.45, 2.75) is 12.8 Å². The van der Waals surface area contributed by atoms with Gasteiger partial charge in [-0.1, -0.05) is 30.3 Å². The van der Waals surface area contributed by atoms with E-state index in [2.05, 4.69) is 5.32 Å². The first kappa shape index (κ1) is 18.4. The Morgan fingerprint density at radius 2 is 1.83 bits per heavy atom. The Kier molecular flexibility index (Phi) is 4.83. The Hall–Kier alpha value is -3.93. The van der Waals surface area contributed by atoms with Crippen molar-refractivity contribution in [3.05, 3.63) is 87.8 Å². The summed E-state index contributed by atoms with van der Waals surface area (Å²) >= 11 is 0. The number of allylic oxidation sites excluding steroid dienone is 1. The van der Waals surface area contributed by atoms with Crippen LogP contribution in [0.3, 0.4) is 0 Å². The Labute approximate surface area is 165 Å². The van der Waals surface area contributed by atoms with E-state index in [1.54, 1.807) is 18.2 Å². The first-order valence-corrected chi connectivity index (χ1v) is 9.09. The van der Waals surface area contributed by atoms with E-state index < -0.39 is 11.9 Å². The lowest BCUT2D eigenvalue weighted by Gasteiger charge is -2.07. The highest BCUT2D eigenvalue weighted by atomic mass is 16.4. The van der Waals surface area contributed by atoms with Crippen molar-refractivity contribution in [2.24, 2.45) is 0 Å². The maximum atomic E-state index is 13.0. The molecule has 1 aliphatic rings. The van der Waals surface area contributed by atoms with Gasteiger partial charge in [-0.25, -0.2) is 4.79 Å². The Morgan fingerprint density at radius 3 is 2.59 bits per heavy atom. The van der Waals surface area contributed by atoms with Gasteiger partial charge in [0, 0.05) is 23.4 Å². The number of carboxylic acids is 1. The minimum absolute atomic E-state index is 0.116. The fourth-order valence-corrected chi connectivity index (χ4v) is 3.39. The number of benzene rings is 2. The number of anilines is 1. The molecule has 6 heteroatoms. The zero-order chi connectivity index (χ0) is 20.4. The van der Waals surface area contributed by atoms with E-state index in [9.17, 15) is 14.4 Å². The van der Waals surface area contributed by atoms with Gasteiger partial charge in [0.25, 0.3) is 0 Å². The zero-order valence-electron chi connectivity index (χ0n) is 15.3. The minimum atomic E-state index is -1.21. The molecule has 2 aromatic carbocycles. The summed E-state index contributed by atoms with van der Waals surface area (Å²) in [4.78, 5) is 35.3. The van der Waals surface area contributed by atoms with E-state index in [1.807, 2.05) is 36.4 Å². The molecule has 0 saturated carbocycles. The van der Waals surface area contributed by atoms with Crippen molar-refractivity contribution in [2.75, 3.05) is 5.32 Å². The monoisotopic (exact) mass is 387 g/mol. The largest absolute Gasteiger partial charge is 0.478 e.